The summed E-state index contributed by atoms with van der Waals surface area (Å²) in [4.78, 5) is 10.2. The fourth-order valence-corrected chi connectivity index (χ4v) is 0.845. The number of allylic oxidation sites excluding steroid dienone is 3. The number of carbonyl (C=O) groups is 1. The molecule has 0 heterocycles. The first-order chi connectivity index (χ1) is 4.20. The summed E-state index contributed by atoms with van der Waals surface area (Å²) in [5.74, 6) is -0.887. The Kier molecular flexibility index (Phi) is 1.58. The molecule has 0 radical (unpaired) electrons. The van der Waals surface area contributed by atoms with Crippen molar-refractivity contribution in [3.05, 3.63) is 22.8 Å². The molecule has 2 nitrogen and oxygen atoms in total. The van der Waals surface area contributed by atoms with Gasteiger partial charge in [-0.1, -0.05) is 17.7 Å². The molecule has 0 atom stereocenters. The molecule has 0 saturated heterocycles. The molecule has 1 aliphatic rings. The van der Waals surface area contributed by atoms with Gasteiger partial charge in [0.25, 0.3) is 0 Å². The van der Waals surface area contributed by atoms with Crippen LogP contribution in [-0.2, 0) is 4.79 Å². The van der Waals surface area contributed by atoms with E-state index in [0.717, 1.165) is 0 Å². The standard InChI is InChI=1S/C6H5ClO2/c7-5-2-1-4(3-5)6(8)9/h1-2H,3H2,(H,8,9). The minimum Gasteiger partial charge on any atom is -0.478 e. The molecule has 0 bridgehead atoms. The molecule has 0 fully saturated rings. The maximum atomic E-state index is 10.2. The van der Waals surface area contributed by atoms with Crippen LogP contribution in [0.5, 0.6) is 0 Å². The van der Waals surface area contributed by atoms with E-state index in [4.69, 9.17) is 16.7 Å². The molecular formula is C6H5ClO2. The Hall–Kier alpha value is -0.760. The van der Waals surface area contributed by atoms with E-state index < -0.39 is 5.97 Å². The van der Waals surface area contributed by atoms with Crippen LogP contribution < -0.4 is 0 Å². The molecule has 0 saturated carbocycles. The number of aliphatic carboxylic acids is 1. The summed E-state index contributed by atoms with van der Waals surface area (Å²) in [7, 11) is 0. The van der Waals surface area contributed by atoms with Crippen molar-refractivity contribution in [2.75, 3.05) is 0 Å². The van der Waals surface area contributed by atoms with Gasteiger partial charge in [-0.15, -0.1) is 0 Å². The van der Waals surface area contributed by atoms with E-state index in [9.17, 15) is 4.79 Å². The van der Waals surface area contributed by atoms with Crippen LogP contribution in [0.4, 0.5) is 0 Å². The van der Waals surface area contributed by atoms with Crippen LogP contribution in [0.2, 0.25) is 0 Å². The molecule has 1 aliphatic carbocycles. The molecule has 1 N–H and O–H groups in total. The third-order valence-electron chi connectivity index (χ3n) is 1.10. The summed E-state index contributed by atoms with van der Waals surface area (Å²) in [5.41, 5.74) is 0.361. The summed E-state index contributed by atoms with van der Waals surface area (Å²) < 4.78 is 0. The molecule has 0 aromatic rings. The van der Waals surface area contributed by atoms with Gasteiger partial charge < -0.3 is 5.11 Å². The average Bonchev–Trinajstić information content (AvgIpc) is 2.14. The molecule has 0 amide bonds. The Bertz CT molecular complexity index is 203. The Morgan fingerprint density at radius 1 is 1.67 bits per heavy atom. The second kappa shape index (κ2) is 2.23. The summed E-state index contributed by atoms with van der Waals surface area (Å²) >= 11 is 5.50. The largest absolute Gasteiger partial charge is 0.478 e. The Morgan fingerprint density at radius 2 is 2.33 bits per heavy atom. The number of rotatable bonds is 1. The van der Waals surface area contributed by atoms with Crippen LogP contribution >= 0.6 is 11.6 Å². The van der Waals surface area contributed by atoms with Crippen LogP contribution in [0.25, 0.3) is 0 Å². The van der Waals surface area contributed by atoms with Crippen molar-refractivity contribution >= 4 is 17.6 Å². The summed E-state index contributed by atoms with van der Waals surface area (Å²) in [6.45, 7) is 0. The van der Waals surface area contributed by atoms with Gasteiger partial charge in [0.2, 0.25) is 0 Å². The van der Waals surface area contributed by atoms with Gasteiger partial charge in [-0.25, -0.2) is 4.79 Å². The van der Waals surface area contributed by atoms with Gasteiger partial charge in [-0.05, 0) is 6.08 Å². The molecule has 0 unspecified atom stereocenters. The van der Waals surface area contributed by atoms with E-state index in [0.29, 0.717) is 17.0 Å². The molecule has 3 heteroatoms. The van der Waals surface area contributed by atoms with Crippen molar-refractivity contribution in [2.45, 2.75) is 6.42 Å². The highest BCUT2D eigenvalue weighted by Gasteiger charge is 2.11. The highest BCUT2D eigenvalue weighted by atomic mass is 35.5. The van der Waals surface area contributed by atoms with E-state index in [1.807, 2.05) is 0 Å². The Morgan fingerprint density at radius 3 is 2.56 bits per heavy atom. The summed E-state index contributed by atoms with van der Waals surface area (Å²) in [5, 5.41) is 8.96. The second-order valence-electron chi connectivity index (χ2n) is 1.79. The minimum absolute atomic E-state index is 0.361. The maximum absolute atomic E-state index is 10.2. The number of carboxylic acids is 1. The first kappa shape index (κ1) is 6.36. The number of carboxylic acid groups (broad SMARTS) is 1. The molecular weight excluding hydrogens is 140 g/mol. The van der Waals surface area contributed by atoms with Gasteiger partial charge in [0.05, 0.1) is 0 Å². The predicted octanol–water partition coefficient (Wildman–Crippen LogP) is 1.52. The fourth-order valence-electron chi connectivity index (χ4n) is 0.638. The SMILES string of the molecule is O=C(O)C1=CC=C(Cl)C1. The topological polar surface area (TPSA) is 37.3 Å². The highest BCUT2D eigenvalue weighted by molar-refractivity contribution is 6.30. The van der Waals surface area contributed by atoms with Gasteiger partial charge in [0.1, 0.15) is 0 Å². The quantitative estimate of drug-likeness (QED) is 0.606. The summed E-state index contributed by atoms with van der Waals surface area (Å²) in [6, 6.07) is 0. The maximum Gasteiger partial charge on any atom is 0.331 e. The smallest absolute Gasteiger partial charge is 0.331 e. The Labute approximate surface area is 57.4 Å². The van der Waals surface area contributed by atoms with E-state index in [1.54, 1.807) is 6.08 Å². The van der Waals surface area contributed by atoms with Crippen LogP contribution in [-0.4, -0.2) is 11.1 Å². The van der Waals surface area contributed by atoms with Crippen LogP contribution in [0.1, 0.15) is 6.42 Å². The molecule has 1 rings (SSSR count). The first-order valence-electron chi connectivity index (χ1n) is 2.48. The van der Waals surface area contributed by atoms with Gasteiger partial charge in [-0.2, -0.15) is 0 Å². The summed E-state index contributed by atoms with van der Waals surface area (Å²) in [6.07, 6.45) is 3.49. The molecule has 0 aromatic carbocycles. The number of hydrogen-bond acceptors (Lipinski definition) is 1. The van der Waals surface area contributed by atoms with Gasteiger partial charge in [0, 0.05) is 17.0 Å². The lowest BCUT2D eigenvalue weighted by atomic mass is 10.2. The van der Waals surface area contributed by atoms with Crippen molar-refractivity contribution in [3.63, 3.8) is 0 Å². The Balaban J connectivity index is 2.64. The van der Waals surface area contributed by atoms with Gasteiger partial charge in [-0.3, -0.25) is 0 Å². The van der Waals surface area contributed by atoms with Crippen molar-refractivity contribution in [3.8, 4) is 0 Å². The normalized spacial score (nSPS) is 17.0. The van der Waals surface area contributed by atoms with Crippen LogP contribution in [0, 0.1) is 0 Å². The lowest BCUT2D eigenvalue weighted by Crippen LogP contribution is -1.96. The number of halogens is 1. The second-order valence-corrected chi connectivity index (χ2v) is 2.27. The van der Waals surface area contributed by atoms with E-state index in [2.05, 4.69) is 0 Å². The zero-order chi connectivity index (χ0) is 6.85. The first-order valence-corrected chi connectivity index (χ1v) is 2.86. The molecule has 0 aliphatic heterocycles. The zero-order valence-corrected chi connectivity index (χ0v) is 5.35. The van der Waals surface area contributed by atoms with Crippen molar-refractivity contribution in [1.82, 2.24) is 0 Å². The van der Waals surface area contributed by atoms with E-state index in [1.165, 1.54) is 6.08 Å². The third-order valence-corrected chi connectivity index (χ3v) is 1.36. The fraction of sp³-hybridized carbons (Fsp3) is 0.167. The van der Waals surface area contributed by atoms with Crippen molar-refractivity contribution < 1.29 is 9.90 Å². The van der Waals surface area contributed by atoms with E-state index in [-0.39, 0.29) is 0 Å². The highest BCUT2D eigenvalue weighted by Crippen LogP contribution is 2.21. The van der Waals surface area contributed by atoms with Crippen molar-refractivity contribution in [2.24, 2.45) is 0 Å². The van der Waals surface area contributed by atoms with Gasteiger partial charge in [0.15, 0.2) is 0 Å². The van der Waals surface area contributed by atoms with Crippen molar-refractivity contribution in [1.29, 1.82) is 0 Å². The monoisotopic (exact) mass is 144 g/mol. The van der Waals surface area contributed by atoms with Gasteiger partial charge >= 0.3 is 5.97 Å². The third kappa shape index (κ3) is 1.33. The van der Waals surface area contributed by atoms with E-state index >= 15 is 0 Å². The zero-order valence-electron chi connectivity index (χ0n) is 4.60. The molecule has 0 spiro atoms. The number of hydrogen-bond donors (Lipinski definition) is 1. The average molecular weight is 145 g/mol. The van der Waals surface area contributed by atoms with Crippen LogP contribution in [0.15, 0.2) is 22.8 Å². The lowest BCUT2D eigenvalue weighted by molar-refractivity contribution is -0.132. The van der Waals surface area contributed by atoms with Crippen LogP contribution in [0.3, 0.4) is 0 Å². The molecule has 0 aromatic heterocycles. The molecule has 48 valence electrons. The lowest BCUT2D eigenvalue weighted by Gasteiger charge is -1.90. The minimum atomic E-state index is -0.887. The predicted molar refractivity (Wildman–Crippen MR) is 34.3 cm³/mol. The molecule has 9 heavy (non-hydrogen) atoms.